The number of ether oxygens (including phenoxy) is 3. The molecule has 1 N–H and O–H groups in total. The molecule has 29 heavy (non-hydrogen) atoms. The lowest BCUT2D eigenvalue weighted by atomic mass is 10.0. The van der Waals surface area contributed by atoms with Gasteiger partial charge in [0.1, 0.15) is 18.8 Å². The Morgan fingerprint density at radius 2 is 1.83 bits per heavy atom. The number of carbonyl (C=O) groups is 1. The Morgan fingerprint density at radius 3 is 2.48 bits per heavy atom. The Hall–Kier alpha value is -1.99. The average Bonchev–Trinajstić information content (AvgIpc) is 2.65. The largest absolute Gasteiger partial charge is 0.486 e. The van der Waals surface area contributed by atoms with Crippen LogP contribution < -0.4 is 14.8 Å². The van der Waals surface area contributed by atoms with Crippen molar-refractivity contribution in [2.24, 2.45) is 0 Å². The highest BCUT2D eigenvalue weighted by Gasteiger charge is 2.39. The fourth-order valence-electron chi connectivity index (χ4n) is 4.15. The zero-order chi connectivity index (χ0) is 20.4. The number of hydrogen-bond acceptors (Lipinski definition) is 6. The number of rotatable bonds is 4. The van der Waals surface area contributed by atoms with Crippen LogP contribution in [0, 0.1) is 0 Å². The molecule has 2 saturated heterocycles. The second kappa shape index (κ2) is 8.40. The third kappa shape index (κ3) is 4.95. The Bertz CT molecular complexity index is 725. The first-order chi connectivity index (χ1) is 13.9. The molecule has 0 bridgehead atoms. The van der Waals surface area contributed by atoms with Crippen molar-refractivity contribution < 1.29 is 19.0 Å². The molecule has 0 radical (unpaired) electrons. The number of benzene rings is 1. The van der Waals surface area contributed by atoms with Gasteiger partial charge in [0.15, 0.2) is 11.5 Å². The van der Waals surface area contributed by atoms with Gasteiger partial charge in [0.2, 0.25) is 0 Å². The van der Waals surface area contributed by atoms with E-state index in [1.54, 1.807) is 0 Å². The van der Waals surface area contributed by atoms with Gasteiger partial charge < -0.3 is 19.5 Å². The van der Waals surface area contributed by atoms with Gasteiger partial charge in [-0.2, -0.15) is 0 Å². The van der Waals surface area contributed by atoms with Crippen molar-refractivity contribution in [3.05, 3.63) is 23.8 Å². The Balaban J connectivity index is 1.22. The highest BCUT2D eigenvalue weighted by Crippen LogP contribution is 2.31. The maximum Gasteiger partial charge on any atom is 0.411 e. The number of hydrogen-bond donors (Lipinski definition) is 1. The molecule has 3 heterocycles. The molecule has 0 spiro atoms. The van der Waals surface area contributed by atoms with Gasteiger partial charge in [-0.15, -0.1) is 0 Å². The number of amides is 1. The second-order valence-electron chi connectivity index (χ2n) is 9.11. The minimum atomic E-state index is -0.442. The summed E-state index contributed by atoms with van der Waals surface area (Å²) in [5.41, 5.74) is 0.772. The molecule has 0 aromatic heterocycles. The Kier molecular flexibility index (Phi) is 5.88. The van der Waals surface area contributed by atoms with Gasteiger partial charge in [0, 0.05) is 32.2 Å². The highest BCUT2D eigenvalue weighted by molar-refractivity contribution is 5.69. The van der Waals surface area contributed by atoms with Crippen LogP contribution in [-0.4, -0.2) is 66.5 Å². The molecule has 7 heteroatoms. The molecular weight excluding hydrogens is 370 g/mol. The summed E-state index contributed by atoms with van der Waals surface area (Å²) in [5, 5.41) is 3.68. The monoisotopic (exact) mass is 403 g/mol. The SMILES string of the molecule is CC(C)(C)OC(=O)N1CCC1N1CCC(NCc2ccc3c(c2)OCCO3)CC1. The van der Waals surface area contributed by atoms with Crippen molar-refractivity contribution in [3.63, 3.8) is 0 Å². The van der Waals surface area contributed by atoms with Gasteiger partial charge in [-0.3, -0.25) is 9.80 Å². The van der Waals surface area contributed by atoms with Crippen molar-refractivity contribution in [1.29, 1.82) is 0 Å². The molecule has 1 aromatic carbocycles. The fourth-order valence-corrected chi connectivity index (χ4v) is 4.15. The predicted octanol–water partition coefficient (Wildman–Crippen LogP) is 2.98. The van der Waals surface area contributed by atoms with Crippen LogP contribution in [-0.2, 0) is 11.3 Å². The van der Waals surface area contributed by atoms with E-state index in [0.717, 1.165) is 56.9 Å². The fraction of sp³-hybridized carbons (Fsp3) is 0.682. The average molecular weight is 404 g/mol. The van der Waals surface area contributed by atoms with Crippen LogP contribution in [0.15, 0.2) is 18.2 Å². The van der Waals surface area contributed by atoms with Crippen LogP contribution >= 0.6 is 0 Å². The highest BCUT2D eigenvalue weighted by atomic mass is 16.6. The van der Waals surface area contributed by atoms with Crippen LogP contribution in [0.25, 0.3) is 0 Å². The summed E-state index contributed by atoms with van der Waals surface area (Å²) < 4.78 is 16.8. The zero-order valence-electron chi connectivity index (χ0n) is 17.8. The first kappa shape index (κ1) is 20.3. The van der Waals surface area contributed by atoms with E-state index < -0.39 is 5.60 Å². The van der Waals surface area contributed by atoms with E-state index >= 15 is 0 Å². The number of piperidine rings is 1. The third-order valence-electron chi connectivity index (χ3n) is 5.77. The Labute approximate surface area is 173 Å². The molecule has 4 rings (SSSR count). The third-order valence-corrected chi connectivity index (χ3v) is 5.77. The van der Waals surface area contributed by atoms with Crippen LogP contribution in [0.3, 0.4) is 0 Å². The number of nitrogens with zero attached hydrogens (tertiary/aromatic N) is 2. The molecule has 2 fully saturated rings. The minimum absolute atomic E-state index is 0.187. The van der Waals surface area contributed by atoms with Crippen molar-refractivity contribution in [2.45, 2.75) is 64.4 Å². The number of carbonyl (C=O) groups excluding carboxylic acids is 1. The molecule has 160 valence electrons. The van der Waals surface area contributed by atoms with E-state index in [9.17, 15) is 4.79 Å². The van der Waals surface area contributed by atoms with Gasteiger partial charge in [-0.05, 0) is 57.7 Å². The summed E-state index contributed by atoms with van der Waals surface area (Å²) in [5.74, 6) is 1.68. The summed E-state index contributed by atoms with van der Waals surface area (Å²) in [4.78, 5) is 16.7. The molecule has 1 amide bonds. The van der Waals surface area contributed by atoms with Gasteiger partial charge in [-0.25, -0.2) is 4.79 Å². The van der Waals surface area contributed by atoms with Crippen molar-refractivity contribution >= 4 is 6.09 Å². The minimum Gasteiger partial charge on any atom is -0.486 e. The number of nitrogens with one attached hydrogen (secondary N) is 1. The molecule has 3 aliphatic rings. The Morgan fingerprint density at radius 1 is 1.10 bits per heavy atom. The van der Waals surface area contributed by atoms with E-state index in [0.29, 0.717) is 19.3 Å². The van der Waals surface area contributed by atoms with Gasteiger partial charge in [-0.1, -0.05) is 6.07 Å². The first-order valence-electron chi connectivity index (χ1n) is 10.7. The molecular formula is C22H33N3O4. The van der Waals surface area contributed by atoms with Crippen LogP contribution in [0.4, 0.5) is 4.79 Å². The quantitative estimate of drug-likeness (QED) is 0.834. The summed E-state index contributed by atoms with van der Waals surface area (Å²) in [6.45, 7) is 10.6. The topological polar surface area (TPSA) is 63.3 Å². The van der Waals surface area contributed by atoms with E-state index in [1.807, 2.05) is 31.7 Å². The molecule has 1 atom stereocenters. The maximum absolute atomic E-state index is 12.4. The second-order valence-corrected chi connectivity index (χ2v) is 9.11. The molecule has 0 saturated carbocycles. The van der Waals surface area contributed by atoms with Crippen molar-refractivity contribution in [1.82, 2.24) is 15.1 Å². The van der Waals surface area contributed by atoms with E-state index in [2.05, 4.69) is 22.3 Å². The molecule has 3 aliphatic heterocycles. The standard InChI is InChI=1S/C22H33N3O4/c1-22(2,3)29-21(26)25-11-8-20(25)24-9-6-17(7-10-24)23-15-16-4-5-18-19(14-16)28-13-12-27-18/h4-5,14,17,20,23H,6-13,15H2,1-3H3. The summed E-state index contributed by atoms with van der Waals surface area (Å²) >= 11 is 0. The zero-order valence-corrected chi connectivity index (χ0v) is 17.8. The van der Waals surface area contributed by atoms with Gasteiger partial charge in [0.05, 0.1) is 6.17 Å². The van der Waals surface area contributed by atoms with Gasteiger partial charge in [0.25, 0.3) is 0 Å². The summed E-state index contributed by atoms with van der Waals surface area (Å²) in [6, 6.07) is 6.66. The lowest BCUT2D eigenvalue weighted by molar-refractivity contribution is -0.0601. The van der Waals surface area contributed by atoms with E-state index in [1.165, 1.54) is 5.56 Å². The molecule has 1 aromatic rings. The van der Waals surface area contributed by atoms with Crippen LogP contribution in [0.2, 0.25) is 0 Å². The van der Waals surface area contributed by atoms with Crippen molar-refractivity contribution in [3.8, 4) is 11.5 Å². The van der Waals surface area contributed by atoms with E-state index in [-0.39, 0.29) is 12.3 Å². The smallest absolute Gasteiger partial charge is 0.411 e. The van der Waals surface area contributed by atoms with Crippen molar-refractivity contribution in [2.75, 3.05) is 32.8 Å². The molecule has 7 nitrogen and oxygen atoms in total. The normalized spacial score (nSPS) is 22.9. The molecule has 1 unspecified atom stereocenters. The van der Waals surface area contributed by atoms with Gasteiger partial charge >= 0.3 is 6.09 Å². The number of fused-ring (bicyclic) bond motifs is 1. The predicted molar refractivity (Wildman–Crippen MR) is 110 cm³/mol. The van der Waals surface area contributed by atoms with E-state index in [4.69, 9.17) is 14.2 Å². The summed E-state index contributed by atoms with van der Waals surface area (Å²) in [6.07, 6.45) is 3.22. The maximum atomic E-state index is 12.4. The molecule has 0 aliphatic carbocycles. The summed E-state index contributed by atoms with van der Waals surface area (Å²) in [7, 11) is 0. The first-order valence-corrected chi connectivity index (χ1v) is 10.7. The van der Waals surface area contributed by atoms with Crippen LogP contribution in [0.5, 0.6) is 11.5 Å². The lowest BCUT2D eigenvalue weighted by Gasteiger charge is -2.49. The number of likely N-dealkylation sites (tertiary alicyclic amines) is 2. The van der Waals surface area contributed by atoms with Crippen LogP contribution in [0.1, 0.15) is 45.6 Å². The lowest BCUT2D eigenvalue weighted by Crippen LogP contribution is -2.62.